The van der Waals surface area contributed by atoms with E-state index in [9.17, 15) is 4.79 Å². The Morgan fingerprint density at radius 2 is 2.00 bits per heavy atom. The van der Waals surface area contributed by atoms with Gasteiger partial charge < -0.3 is 15.0 Å². The van der Waals surface area contributed by atoms with Crippen molar-refractivity contribution in [1.82, 2.24) is 9.78 Å². The third-order valence-corrected chi connectivity index (χ3v) is 4.72. The summed E-state index contributed by atoms with van der Waals surface area (Å²) in [5.41, 5.74) is 2.57. The number of hydrogen-bond donors (Lipinski definition) is 2. The second-order valence-corrected chi connectivity index (χ2v) is 6.72. The molecular formula is C18H26ClN4O2+. The SMILES string of the molecule is Cc1nn(C)c(C)c1NC(=O)[C@@H](C)[NH+](C)CCOc1ccc(Cl)cc1. The number of aryl methyl sites for hydroxylation is 2. The number of anilines is 1. The third kappa shape index (κ3) is 4.96. The van der Waals surface area contributed by atoms with E-state index < -0.39 is 0 Å². The Hall–Kier alpha value is -2.05. The smallest absolute Gasteiger partial charge is 0.282 e. The molecule has 2 rings (SSSR count). The number of rotatable bonds is 7. The molecule has 0 radical (unpaired) electrons. The molecule has 2 aromatic rings. The van der Waals surface area contributed by atoms with Crippen molar-refractivity contribution >= 4 is 23.2 Å². The number of aromatic nitrogens is 2. The van der Waals surface area contributed by atoms with Gasteiger partial charge in [-0.2, -0.15) is 5.10 Å². The second-order valence-electron chi connectivity index (χ2n) is 6.28. The molecule has 1 amide bonds. The van der Waals surface area contributed by atoms with Crippen molar-refractivity contribution < 1.29 is 14.4 Å². The van der Waals surface area contributed by atoms with E-state index in [4.69, 9.17) is 16.3 Å². The van der Waals surface area contributed by atoms with E-state index in [1.165, 1.54) is 0 Å². The lowest BCUT2D eigenvalue weighted by Crippen LogP contribution is -3.14. The van der Waals surface area contributed by atoms with Crippen LogP contribution in [0.1, 0.15) is 18.3 Å². The number of carbonyl (C=O) groups excluding carboxylic acids is 1. The highest BCUT2D eigenvalue weighted by atomic mass is 35.5. The van der Waals surface area contributed by atoms with E-state index in [2.05, 4.69) is 10.4 Å². The van der Waals surface area contributed by atoms with Crippen molar-refractivity contribution in [2.75, 3.05) is 25.5 Å². The van der Waals surface area contributed by atoms with Gasteiger partial charge in [-0.1, -0.05) is 11.6 Å². The number of nitrogens with zero attached hydrogens (tertiary/aromatic N) is 2. The normalized spacial score (nSPS) is 13.4. The van der Waals surface area contributed by atoms with Crippen LogP contribution in [-0.4, -0.2) is 41.9 Å². The zero-order chi connectivity index (χ0) is 18.6. The number of hydrogen-bond acceptors (Lipinski definition) is 3. The summed E-state index contributed by atoms with van der Waals surface area (Å²) in [4.78, 5) is 13.6. The number of quaternary nitrogens is 1. The lowest BCUT2D eigenvalue weighted by molar-refractivity contribution is -0.894. The molecule has 0 aliphatic rings. The molecule has 1 heterocycles. The molecule has 0 aliphatic heterocycles. The van der Waals surface area contributed by atoms with Crippen molar-refractivity contribution in [2.45, 2.75) is 26.8 Å². The Morgan fingerprint density at radius 1 is 1.36 bits per heavy atom. The minimum atomic E-state index is -0.201. The highest BCUT2D eigenvalue weighted by Gasteiger charge is 2.23. The molecular weight excluding hydrogens is 340 g/mol. The molecule has 2 N–H and O–H groups in total. The summed E-state index contributed by atoms with van der Waals surface area (Å²) in [6.07, 6.45) is 0. The maximum atomic E-state index is 12.5. The highest BCUT2D eigenvalue weighted by Crippen LogP contribution is 2.18. The van der Waals surface area contributed by atoms with Gasteiger partial charge in [0.15, 0.2) is 6.04 Å². The zero-order valence-electron chi connectivity index (χ0n) is 15.4. The van der Waals surface area contributed by atoms with Crippen LogP contribution in [0.5, 0.6) is 5.75 Å². The van der Waals surface area contributed by atoms with E-state index in [0.29, 0.717) is 18.2 Å². The van der Waals surface area contributed by atoms with Crippen LogP contribution in [0.3, 0.4) is 0 Å². The number of carbonyl (C=O) groups is 1. The van der Waals surface area contributed by atoms with Crippen molar-refractivity contribution in [1.29, 1.82) is 0 Å². The number of likely N-dealkylation sites (N-methyl/N-ethyl adjacent to an activating group) is 1. The summed E-state index contributed by atoms with van der Waals surface area (Å²) in [7, 11) is 3.85. The molecule has 0 saturated heterocycles. The van der Waals surface area contributed by atoms with Crippen LogP contribution in [0.2, 0.25) is 5.02 Å². The maximum absolute atomic E-state index is 12.5. The summed E-state index contributed by atoms with van der Waals surface area (Å²) >= 11 is 5.85. The largest absolute Gasteiger partial charge is 0.488 e. The Morgan fingerprint density at radius 3 is 2.56 bits per heavy atom. The van der Waals surface area contributed by atoms with Crippen LogP contribution >= 0.6 is 11.6 Å². The Balaban J connectivity index is 1.85. The topological polar surface area (TPSA) is 60.6 Å². The number of amides is 1. The standard InChI is InChI=1S/C18H25ClN4O2/c1-12-17(13(2)23(5)21-12)20-18(24)14(3)22(4)10-11-25-16-8-6-15(19)7-9-16/h6-9,14H,10-11H2,1-5H3,(H,20,24)/p+1/t14-/m1/s1. The van der Waals surface area contributed by atoms with E-state index in [1.54, 1.807) is 16.8 Å². The molecule has 0 fully saturated rings. The summed E-state index contributed by atoms with van der Waals surface area (Å²) in [5.74, 6) is 0.749. The predicted octanol–water partition coefficient (Wildman–Crippen LogP) is 1.61. The van der Waals surface area contributed by atoms with Gasteiger partial charge in [0.2, 0.25) is 0 Å². The first-order valence-corrected chi connectivity index (χ1v) is 8.69. The number of halogens is 1. The van der Waals surface area contributed by atoms with Crippen molar-refractivity contribution in [2.24, 2.45) is 7.05 Å². The molecule has 0 bridgehead atoms. The summed E-state index contributed by atoms with van der Waals surface area (Å²) in [6, 6.07) is 7.06. The van der Waals surface area contributed by atoms with Crippen molar-refractivity contribution in [3.05, 3.63) is 40.7 Å². The number of ether oxygens (including phenoxy) is 1. The van der Waals surface area contributed by atoms with E-state index in [-0.39, 0.29) is 11.9 Å². The monoisotopic (exact) mass is 365 g/mol. The first kappa shape index (κ1) is 19.3. The highest BCUT2D eigenvalue weighted by molar-refractivity contribution is 6.30. The van der Waals surface area contributed by atoms with Crippen LogP contribution in [0.4, 0.5) is 5.69 Å². The maximum Gasteiger partial charge on any atom is 0.282 e. The van der Waals surface area contributed by atoms with Gasteiger partial charge in [-0.05, 0) is 45.0 Å². The molecule has 0 aliphatic carbocycles. The average Bonchev–Trinajstić information content (AvgIpc) is 2.82. The molecule has 2 atom stereocenters. The zero-order valence-corrected chi connectivity index (χ0v) is 16.1. The molecule has 25 heavy (non-hydrogen) atoms. The number of nitrogens with one attached hydrogen (secondary N) is 2. The molecule has 0 spiro atoms. The van der Waals surface area contributed by atoms with Crippen molar-refractivity contribution in [3.8, 4) is 5.75 Å². The van der Waals surface area contributed by atoms with Crippen molar-refractivity contribution in [3.63, 3.8) is 0 Å². The fourth-order valence-corrected chi connectivity index (χ4v) is 2.61. The Labute approximate surface area is 153 Å². The van der Waals surface area contributed by atoms with Gasteiger partial charge in [0.05, 0.1) is 24.1 Å². The van der Waals surface area contributed by atoms with Gasteiger partial charge in [0.25, 0.3) is 5.91 Å². The molecule has 6 nitrogen and oxygen atoms in total. The van der Waals surface area contributed by atoms with Gasteiger partial charge in [0, 0.05) is 12.1 Å². The third-order valence-electron chi connectivity index (χ3n) is 4.47. The molecule has 0 saturated carbocycles. The minimum Gasteiger partial charge on any atom is -0.488 e. The van der Waals surface area contributed by atoms with Crippen LogP contribution in [0, 0.1) is 13.8 Å². The fourth-order valence-electron chi connectivity index (χ4n) is 2.49. The second kappa shape index (κ2) is 8.36. The van der Waals surface area contributed by atoms with E-state index in [0.717, 1.165) is 27.7 Å². The first-order valence-electron chi connectivity index (χ1n) is 8.31. The lowest BCUT2D eigenvalue weighted by atomic mass is 10.2. The Bertz CT molecular complexity index is 727. The summed E-state index contributed by atoms with van der Waals surface area (Å²) in [5, 5.41) is 8.00. The van der Waals surface area contributed by atoms with Gasteiger partial charge in [0.1, 0.15) is 18.9 Å². The molecule has 1 aromatic carbocycles. The number of benzene rings is 1. The fraction of sp³-hybridized carbons (Fsp3) is 0.444. The molecule has 136 valence electrons. The van der Waals surface area contributed by atoms with Crippen LogP contribution in [0.15, 0.2) is 24.3 Å². The summed E-state index contributed by atoms with van der Waals surface area (Å²) < 4.78 is 7.47. The lowest BCUT2D eigenvalue weighted by Gasteiger charge is -2.21. The van der Waals surface area contributed by atoms with Gasteiger partial charge in [-0.25, -0.2) is 0 Å². The summed E-state index contributed by atoms with van der Waals surface area (Å²) in [6.45, 7) is 6.98. The Kier molecular flexibility index (Phi) is 6.45. The quantitative estimate of drug-likeness (QED) is 0.783. The molecule has 1 aromatic heterocycles. The van der Waals surface area contributed by atoms with Crippen LogP contribution < -0.4 is 15.0 Å². The van der Waals surface area contributed by atoms with E-state index >= 15 is 0 Å². The minimum absolute atomic E-state index is 0.0248. The van der Waals surface area contributed by atoms with E-state index in [1.807, 2.05) is 47.0 Å². The first-order chi connectivity index (χ1) is 11.8. The van der Waals surface area contributed by atoms with Gasteiger partial charge in [-0.15, -0.1) is 0 Å². The van der Waals surface area contributed by atoms with Crippen LogP contribution in [0.25, 0.3) is 0 Å². The van der Waals surface area contributed by atoms with Gasteiger partial charge in [-0.3, -0.25) is 9.48 Å². The molecule has 1 unspecified atom stereocenters. The average molecular weight is 366 g/mol. The van der Waals surface area contributed by atoms with Gasteiger partial charge >= 0.3 is 0 Å². The van der Waals surface area contributed by atoms with Crippen LogP contribution in [-0.2, 0) is 11.8 Å². The predicted molar refractivity (Wildman–Crippen MR) is 99.5 cm³/mol. The molecule has 7 heteroatoms.